The van der Waals surface area contributed by atoms with Crippen LogP contribution in [0.25, 0.3) is 0 Å². The Balaban J connectivity index is 1.93. The van der Waals surface area contributed by atoms with E-state index in [1.54, 1.807) is 19.1 Å². The Kier molecular flexibility index (Phi) is 4.81. The Labute approximate surface area is 122 Å². The first-order valence-electron chi connectivity index (χ1n) is 6.50. The maximum absolute atomic E-state index is 13.7. The first-order chi connectivity index (χ1) is 10.1. The van der Waals surface area contributed by atoms with Crippen molar-refractivity contribution in [2.75, 3.05) is 12.4 Å². The zero-order valence-corrected chi connectivity index (χ0v) is 11.9. The summed E-state index contributed by atoms with van der Waals surface area (Å²) in [6.45, 7) is 1.94. The van der Waals surface area contributed by atoms with Gasteiger partial charge in [-0.1, -0.05) is 0 Å². The predicted octanol–water partition coefficient (Wildman–Crippen LogP) is 2.54. The van der Waals surface area contributed by atoms with E-state index < -0.39 is 11.9 Å². The quantitative estimate of drug-likeness (QED) is 0.859. The van der Waals surface area contributed by atoms with Crippen molar-refractivity contribution in [3.63, 3.8) is 0 Å². The van der Waals surface area contributed by atoms with E-state index in [2.05, 4.69) is 10.6 Å². The second kappa shape index (κ2) is 6.78. The van der Waals surface area contributed by atoms with E-state index in [4.69, 9.17) is 9.15 Å². The Morgan fingerprint density at radius 3 is 2.90 bits per heavy atom. The second-order valence-electron chi connectivity index (χ2n) is 4.51. The number of carbonyl (C=O) groups is 1. The lowest BCUT2D eigenvalue weighted by atomic mass is 10.2. The summed E-state index contributed by atoms with van der Waals surface area (Å²) >= 11 is 0. The van der Waals surface area contributed by atoms with E-state index in [0.29, 0.717) is 18.1 Å². The highest BCUT2D eigenvalue weighted by atomic mass is 19.1. The van der Waals surface area contributed by atoms with Crippen molar-refractivity contribution in [3.05, 3.63) is 48.2 Å². The highest BCUT2D eigenvalue weighted by molar-refractivity contribution is 5.84. The highest BCUT2D eigenvalue weighted by Gasteiger charge is 2.15. The summed E-state index contributed by atoms with van der Waals surface area (Å²) in [5, 5.41) is 5.52. The predicted molar refractivity (Wildman–Crippen MR) is 76.6 cm³/mol. The summed E-state index contributed by atoms with van der Waals surface area (Å²) < 4.78 is 23.8. The third-order valence-corrected chi connectivity index (χ3v) is 2.96. The summed E-state index contributed by atoms with van der Waals surface area (Å²) in [5.41, 5.74) is 0.218. The number of ether oxygens (including phenoxy) is 1. The minimum absolute atomic E-state index is 0.218. The summed E-state index contributed by atoms with van der Waals surface area (Å²) in [5.74, 6) is 0.473. The molecule has 0 aliphatic rings. The molecule has 112 valence electrons. The van der Waals surface area contributed by atoms with Crippen molar-refractivity contribution < 1.29 is 18.3 Å². The highest BCUT2D eigenvalue weighted by Crippen LogP contribution is 2.21. The third kappa shape index (κ3) is 3.98. The topological polar surface area (TPSA) is 63.5 Å². The van der Waals surface area contributed by atoms with Gasteiger partial charge in [-0.25, -0.2) is 4.39 Å². The summed E-state index contributed by atoms with van der Waals surface area (Å²) in [7, 11) is 1.50. The van der Waals surface area contributed by atoms with Crippen LogP contribution in [0, 0.1) is 5.82 Å². The molecule has 0 aliphatic carbocycles. The van der Waals surface area contributed by atoms with E-state index in [1.165, 1.54) is 31.6 Å². The zero-order valence-electron chi connectivity index (χ0n) is 11.9. The van der Waals surface area contributed by atoms with Crippen LogP contribution in [0.2, 0.25) is 0 Å². The molecule has 1 heterocycles. The molecule has 0 radical (unpaired) electrons. The smallest absolute Gasteiger partial charge is 0.242 e. The molecule has 2 aromatic rings. The first-order valence-corrected chi connectivity index (χ1v) is 6.50. The number of halogens is 1. The first kappa shape index (κ1) is 14.9. The van der Waals surface area contributed by atoms with E-state index in [1.807, 2.05) is 0 Å². The van der Waals surface area contributed by atoms with Crippen LogP contribution in [0.15, 0.2) is 41.0 Å². The third-order valence-electron chi connectivity index (χ3n) is 2.96. The van der Waals surface area contributed by atoms with Gasteiger partial charge in [0.15, 0.2) is 0 Å². The molecule has 1 amide bonds. The Morgan fingerprint density at radius 2 is 2.24 bits per heavy atom. The molecule has 0 aliphatic heterocycles. The fraction of sp³-hybridized carbons (Fsp3) is 0.267. The Bertz CT molecular complexity index is 599. The lowest BCUT2D eigenvalue weighted by Gasteiger charge is -2.16. The molecule has 0 spiro atoms. The van der Waals surface area contributed by atoms with Gasteiger partial charge in [-0.3, -0.25) is 4.79 Å². The number of furan rings is 1. The van der Waals surface area contributed by atoms with Gasteiger partial charge < -0.3 is 19.8 Å². The summed E-state index contributed by atoms with van der Waals surface area (Å²) in [6, 6.07) is 7.22. The minimum atomic E-state index is -0.596. The van der Waals surface area contributed by atoms with Crippen molar-refractivity contribution >= 4 is 11.6 Å². The molecule has 0 saturated carbocycles. The van der Waals surface area contributed by atoms with Crippen LogP contribution >= 0.6 is 0 Å². The summed E-state index contributed by atoms with van der Waals surface area (Å²) in [6.07, 6.45) is 1.54. The fourth-order valence-electron chi connectivity index (χ4n) is 1.78. The lowest BCUT2D eigenvalue weighted by Crippen LogP contribution is -2.37. The van der Waals surface area contributed by atoms with Crippen LogP contribution in [0.4, 0.5) is 10.1 Å². The number of carbonyl (C=O) groups excluding carboxylic acids is 1. The number of benzene rings is 1. The monoisotopic (exact) mass is 292 g/mol. The molecule has 0 saturated heterocycles. The molecule has 1 atom stereocenters. The summed E-state index contributed by atoms with van der Waals surface area (Å²) in [4.78, 5) is 11.9. The normalized spacial score (nSPS) is 11.8. The van der Waals surface area contributed by atoms with E-state index in [0.717, 1.165) is 0 Å². The maximum Gasteiger partial charge on any atom is 0.242 e. The van der Waals surface area contributed by atoms with Gasteiger partial charge in [0, 0.05) is 6.07 Å². The van der Waals surface area contributed by atoms with E-state index in [-0.39, 0.29) is 11.6 Å². The Morgan fingerprint density at radius 1 is 1.43 bits per heavy atom. The van der Waals surface area contributed by atoms with Crippen molar-refractivity contribution in [2.24, 2.45) is 0 Å². The number of methoxy groups -OCH3 is 1. The van der Waals surface area contributed by atoms with Gasteiger partial charge in [-0.15, -0.1) is 0 Å². The van der Waals surface area contributed by atoms with Crippen molar-refractivity contribution in [2.45, 2.75) is 19.5 Å². The molecular weight excluding hydrogens is 275 g/mol. The molecule has 0 bridgehead atoms. The van der Waals surface area contributed by atoms with Crippen LogP contribution < -0.4 is 15.4 Å². The van der Waals surface area contributed by atoms with E-state index >= 15 is 0 Å². The van der Waals surface area contributed by atoms with Crippen LogP contribution in [-0.4, -0.2) is 19.1 Å². The van der Waals surface area contributed by atoms with Gasteiger partial charge in [-0.05, 0) is 31.2 Å². The average Bonchev–Trinajstić information content (AvgIpc) is 3.00. The number of nitrogens with one attached hydrogen (secondary N) is 2. The van der Waals surface area contributed by atoms with Gasteiger partial charge in [-0.2, -0.15) is 0 Å². The molecule has 1 aromatic heterocycles. The molecule has 21 heavy (non-hydrogen) atoms. The molecule has 5 nitrogen and oxygen atoms in total. The molecule has 1 unspecified atom stereocenters. The van der Waals surface area contributed by atoms with Crippen LogP contribution in [0.5, 0.6) is 5.75 Å². The Hall–Kier alpha value is -2.50. The van der Waals surface area contributed by atoms with Gasteiger partial charge >= 0.3 is 0 Å². The van der Waals surface area contributed by atoms with Gasteiger partial charge in [0.1, 0.15) is 23.4 Å². The molecular formula is C15H17FN2O3. The zero-order chi connectivity index (χ0) is 15.2. The molecule has 6 heteroatoms. The largest absolute Gasteiger partial charge is 0.497 e. The van der Waals surface area contributed by atoms with Crippen LogP contribution in [0.3, 0.4) is 0 Å². The number of hydrogen-bond acceptors (Lipinski definition) is 4. The average molecular weight is 292 g/mol. The minimum Gasteiger partial charge on any atom is -0.497 e. The molecule has 1 aromatic carbocycles. The standard InChI is InChI=1S/C15H17FN2O3/c1-10(15(19)17-9-12-4-3-7-21-12)18-14-8-11(20-2)5-6-13(14)16/h3-8,10,18H,9H2,1-2H3,(H,17,19). The number of hydrogen-bond donors (Lipinski definition) is 2. The SMILES string of the molecule is COc1ccc(F)c(NC(C)C(=O)NCc2ccco2)c1. The molecule has 2 N–H and O–H groups in total. The van der Waals surface area contributed by atoms with E-state index in [9.17, 15) is 9.18 Å². The van der Waals surface area contributed by atoms with Gasteiger partial charge in [0.25, 0.3) is 0 Å². The maximum atomic E-state index is 13.7. The molecule has 0 fully saturated rings. The number of rotatable bonds is 6. The second-order valence-corrected chi connectivity index (χ2v) is 4.51. The van der Waals surface area contributed by atoms with Crippen molar-refractivity contribution in [1.82, 2.24) is 5.32 Å². The number of anilines is 1. The van der Waals surface area contributed by atoms with Crippen molar-refractivity contribution in [3.8, 4) is 5.75 Å². The number of amides is 1. The van der Waals surface area contributed by atoms with Crippen molar-refractivity contribution in [1.29, 1.82) is 0 Å². The van der Waals surface area contributed by atoms with Crippen LogP contribution in [-0.2, 0) is 11.3 Å². The van der Waals surface area contributed by atoms with Gasteiger partial charge in [0.2, 0.25) is 5.91 Å². The molecule has 2 rings (SSSR count). The lowest BCUT2D eigenvalue weighted by molar-refractivity contribution is -0.121. The van der Waals surface area contributed by atoms with Crippen LogP contribution in [0.1, 0.15) is 12.7 Å². The van der Waals surface area contributed by atoms with Gasteiger partial charge in [0.05, 0.1) is 25.6 Å². The fourth-order valence-corrected chi connectivity index (χ4v) is 1.78.